The lowest BCUT2D eigenvalue weighted by Crippen LogP contribution is -2.18. The van der Waals surface area contributed by atoms with Gasteiger partial charge in [0.1, 0.15) is 0 Å². The van der Waals surface area contributed by atoms with Crippen molar-refractivity contribution in [1.82, 2.24) is 0 Å². The summed E-state index contributed by atoms with van der Waals surface area (Å²) in [7, 11) is 0. The van der Waals surface area contributed by atoms with Crippen LogP contribution in [0.25, 0.3) is 0 Å². The molecule has 0 aromatic rings. The fraction of sp³-hybridized carbons (Fsp3) is 0.500. The minimum atomic E-state index is -0.123. The number of aliphatic hydroxyl groups is 1. The van der Waals surface area contributed by atoms with Crippen molar-refractivity contribution in [3.63, 3.8) is 0 Å². The monoisotopic (exact) mass is 166 g/mol. The molecule has 0 bridgehead atoms. The molecule has 1 atom stereocenters. The van der Waals surface area contributed by atoms with E-state index in [0.717, 1.165) is 12.0 Å². The molecule has 1 aliphatic carbocycles. The summed E-state index contributed by atoms with van der Waals surface area (Å²) in [5.41, 5.74) is 1.61. The van der Waals surface area contributed by atoms with Crippen molar-refractivity contribution in [1.29, 1.82) is 0 Å². The summed E-state index contributed by atoms with van der Waals surface area (Å²) >= 11 is 0. The predicted molar refractivity (Wildman–Crippen MR) is 47.7 cm³/mol. The van der Waals surface area contributed by atoms with Gasteiger partial charge >= 0.3 is 0 Å². The summed E-state index contributed by atoms with van der Waals surface area (Å²) in [6.45, 7) is 5.64. The highest BCUT2D eigenvalue weighted by molar-refractivity contribution is 5.96. The topological polar surface area (TPSA) is 37.3 Å². The van der Waals surface area contributed by atoms with E-state index in [2.05, 4.69) is 6.58 Å². The Morgan fingerprint density at radius 3 is 2.92 bits per heavy atom. The molecule has 0 saturated carbocycles. The Kier molecular flexibility index (Phi) is 2.82. The molecule has 66 valence electrons. The van der Waals surface area contributed by atoms with E-state index in [0.29, 0.717) is 12.0 Å². The summed E-state index contributed by atoms with van der Waals surface area (Å²) in [4.78, 5) is 11.3. The second kappa shape index (κ2) is 3.68. The van der Waals surface area contributed by atoms with Crippen molar-refractivity contribution >= 4 is 5.78 Å². The molecule has 0 fully saturated rings. The Morgan fingerprint density at radius 1 is 1.83 bits per heavy atom. The van der Waals surface area contributed by atoms with Gasteiger partial charge in [-0.05, 0) is 19.3 Å². The molecule has 0 aromatic carbocycles. The fourth-order valence-electron chi connectivity index (χ4n) is 1.36. The van der Waals surface area contributed by atoms with Crippen molar-refractivity contribution in [2.45, 2.75) is 19.8 Å². The molecule has 1 aliphatic rings. The first kappa shape index (κ1) is 9.20. The zero-order valence-corrected chi connectivity index (χ0v) is 7.34. The Morgan fingerprint density at radius 2 is 2.50 bits per heavy atom. The molecule has 1 rings (SSSR count). The first-order valence-electron chi connectivity index (χ1n) is 4.13. The normalized spacial score (nSPS) is 23.7. The summed E-state index contributed by atoms with van der Waals surface area (Å²) in [6, 6.07) is 0. The number of carbonyl (C=O) groups excluding carboxylic acids is 1. The highest BCUT2D eigenvalue weighted by Gasteiger charge is 2.21. The van der Waals surface area contributed by atoms with Crippen LogP contribution in [-0.4, -0.2) is 17.5 Å². The van der Waals surface area contributed by atoms with Crippen molar-refractivity contribution in [2.24, 2.45) is 5.92 Å². The van der Waals surface area contributed by atoms with Crippen LogP contribution in [-0.2, 0) is 4.79 Å². The van der Waals surface area contributed by atoms with Gasteiger partial charge in [0.2, 0.25) is 0 Å². The molecule has 2 nitrogen and oxygen atoms in total. The third-order valence-electron chi connectivity index (χ3n) is 2.31. The lowest BCUT2D eigenvalue weighted by Gasteiger charge is -2.19. The van der Waals surface area contributed by atoms with Crippen LogP contribution in [0, 0.1) is 5.92 Å². The molecule has 0 radical (unpaired) electrons. The minimum absolute atomic E-state index is 0.0664. The number of aliphatic hydroxyl groups excluding tert-OH is 1. The highest BCUT2D eigenvalue weighted by atomic mass is 16.3. The molecule has 0 aromatic heterocycles. The second-order valence-electron chi connectivity index (χ2n) is 3.29. The molecule has 12 heavy (non-hydrogen) atoms. The standard InChI is InChI=1S/C10H14O2/c1-7(2)8-3-4-9(6-11)10(12)5-8/h4,8,11H,1,3,5-6H2,2H3. The zero-order valence-electron chi connectivity index (χ0n) is 7.34. The van der Waals surface area contributed by atoms with E-state index >= 15 is 0 Å². The van der Waals surface area contributed by atoms with Gasteiger partial charge in [-0.15, -0.1) is 0 Å². The van der Waals surface area contributed by atoms with E-state index < -0.39 is 0 Å². The van der Waals surface area contributed by atoms with E-state index in [4.69, 9.17) is 5.11 Å². The average molecular weight is 166 g/mol. The molecule has 1 unspecified atom stereocenters. The van der Waals surface area contributed by atoms with Gasteiger partial charge in [0.25, 0.3) is 0 Å². The summed E-state index contributed by atoms with van der Waals surface area (Å²) < 4.78 is 0. The van der Waals surface area contributed by atoms with Crippen LogP contribution in [0.1, 0.15) is 19.8 Å². The number of hydrogen-bond donors (Lipinski definition) is 1. The maximum absolute atomic E-state index is 11.3. The van der Waals surface area contributed by atoms with Crippen molar-refractivity contribution < 1.29 is 9.90 Å². The van der Waals surface area contributed by atoms with Crippen LogP contribution in [0.3, 0.4) is 0 Å². The zero-order chi connectivity index (χ0) is 9.14. The largest absolute Gasteiger partial charge is 0.392 e. The van der Waals surface area contributed by atoms with Crippen LogP contribution >= 0.6 is 0 Å². The molecular weight excluding hydrogens is 152 g/mol. The Bertz CT molecular complexity index is 238. The van der Waals surface area contributed by atoms with Crippen molar-refractivity contribution in [3.05, 3.63) is 23.8 Å². The minimum Gasteiger partial charge on any atom is -0.392 e. The third-order valence-corrected chi connectivity index (χ3v) is 2.31. The van der Waals surface area contributed by atoms with Crippen LogP contribution in [0.4, 0.5) is 0 Å². The van der Waals surface area contributed by atoms with Gasteiger partial charge in [0.15, 0.2) is 5.78 Å². The predicted octanol–water partition coefficient (Wildman–Crippen LogP) is 1.46. The van der Waals surface area contributed by atoms with Crippen LogP contribution < -0.4 is 0 Å². The molecule has 0 heterocycles. The third kappa shape index (κ3) is 1.83. The molecule has 2 heteroatoms. The number of carbonyl (C=O) groups is 1. The number of rotatable bonds is 2. The van der Waals surface area contributed by atoms with E-state index in [1.165, 1.54) is 0 Å². The maximum Gasteiger partial charge on any atom is 0.161 e. The molecular formula is C10H14O2. The van der Waals surface area contributed by atoms with Gasteiger partial charge in [-0.1, -0.05) is 18.2 Å². The second-order valence-corrected chi connectivity index (χ2v) is 3.29. The van der Waals surface area contributed by atoms with Crippen LogP contribution in [0.2, 0.25) is 0 Å². The number of hydrogen-bond acceptors (Lipinski definition) is 2. The molecule has 0 amide bonds. The fourth-order valence-corrected chi connectivity index (χ4v) is 1.36. The van der Waals surface area contributed by atoms with Gasteiger partial charge in [-0.2, -0.15) is 0 Å². The summed E-state index contributed by atoms with van der Waals surface area (Å²) in [5.74, 6) is 0.351. The molecule has 1 N–H and O–H groups in total. The SMILES string of the molecule is C=C(C)C1CC=C(CO)C(=O)C1. The van der Waals surface area contributed by atoms with Crippen LogP contribution in [0.5, 0.6) is 0 Å². The first-order valence-corrected chi connectivity index (χ1v) is 4.13. The van der Waals surface area contributed by atoms with E-state index in [-0.39, 0.29) is 18.3 Å². The first-order chi connectivity index (χ1) is 5.65. The molecule has 0 spiro atoms. The average Bonchev–Trinajstić information content (AvgIpc) is 2.04. The van der Waals surface area contributed by atoms with Gasteiger partial charge in [0, 0.05) is 12.0 Å². The Labute approximate surface area is 72.6 Å². The van der Waals surface area contributed by atoms with Gasteiger partial charge in [-0.3, -0.25) is 4.79 Å². The molecule has 0 saturated heterocycles. The van der Waals surface area contributed by atoms with Crippen molar-refractivity contribution in [2.75, 3.05) is 6.61 Å². The van der Waals surface area contributed by atoms with Gasteiger partial charge in [0.05, 0.1) is 6.61 Å². The lowest BCUT2D eigenvalue weighted by atomic mass is 9.85. The molecule has 0 aliphatic heterocycles. The van der Waals surface area contributed by atoms with E-state index in [9.17, 15) is 4.79 Å². The summed E-state index contributed by atoms with van der Waals surface area (Å²) in [5, 5.41) is 8.77. The lowest BCUT2D eigenvalue weighted by molar-refractivity contribution is -0.117. The quantitative estimate of drug-likeness (QED) is 0.630. The van der Waals surface area contributed by atoms with E-state index in [1.807, 2.05) is 13.0 Å². The Balaban J connectivity index is 2.69. The van der Waals surface area contributed by atoms with E-state index in [1.54, 1.807) is 0 Å². The maximum atomic E-state index is 11.3. The smallest absolute Gasteiger partial charge is 0.161 e. The number of allylic oxidation sites excluding steroid dienone is 2. The van der Waals surface area contributed by atoms with Gasteiger partial charge in [-0.25, -0.2) is 0 Å². The number of Topliss-reactive ketones (excluding diaryl/α,β-unsaturated/α-hetero) is 1. The number of ketones is 1. The van der Waals surface area contributed by atoms with Crippen LogP contribution in [0.15, 0.2) is 23.8 Å². The van der Waals surface area contributed by atoms with Gasteiger partial charge < -0.3 is 5.11 Å². The highest BCUT2D eigenvalue weighted by Crippen LogP contribution is 2.25. The summed E-state index contributed by atoms with van der Waals surface area (Å²) in [6.07, 6.45) is 3.18. The van der Waals surface area contributed by atoms with Crippen molar-refractivity contribution in [3.8, 4) is 0 Å². The Hall–Kier alpha value is -0.890.